The van der Waals surface area contributed by atoms with Crippen molar-refractivity contribution in [3.05, 3.63) is 77.4 Å². The van der Waals surface area contributed by atoms with E-state index in [9.17, 15) is 27.9 Å². The number of rotatable bonds is 7. The summed E-state index contributed by atoms with van der Waals surface area (Å²) in [5.41, 5.74) is -0.410. The molecule has 0 saturated heterocycles. The Labute approximate surface area is 182 Å². The van der Waals surface area contributed by atoms with Gasteiger partial charge in [-0.25, -0.2) is 4.79 Å². The number of halogens is 3. The third-order valence-corrected chi connectivity index (χ3v) is 5.11. The normalized spacial score (nSPS) is 13.4. The Balaban J connectivity index is 2.02. The van der Waals surface area contributed by atoms with Crippen LogP contribution >= 0.6 is 0 Å². The van der Waals surface area contributed by atoms with E-state index in [4.69, 9.17) is 4.74 Å². The first-order valence-corrected chi connectivity index (χ1v) is 10.0. The Morgan fingerprint density at radius 1 is 1.06 bits per heavy atom. The maximum atomic E-state index is 13.1. The summed E-state index contributed by atoms with van der Waals surface area (Å²) in [6.45, 7) is 3.22. The molecule has 2 atom stereocenters. The van der Waals surface area contributed by atoms with Crippen molar-refractivity contribution in [3.63, 3.8) is 0 Å². The summed E-state index contributed by atoms with van der Waals surface area (Å²) in [5.74, 6) is -1.64. The van der Waals surface area contributed by atoms with Crippen molar-refractivity contribution in [1.29, 1.82) is 0 Å². The minimum atomic E-state index is -4.49. The van der Waals surface area contributed by atoms with E-state index in [0.29, 0.717) is 5.39 Å². The number of alkyl halides is 3. The molecule has 0 fully saturated rings. The van der Waals surface area contributed by atoms with Crippen LogP contribution in [0.3, 0.4) is 0 Å². The van der Waals surface area contributed by atoms with Crippen molar-refractivity contribution in [1.82, 2.24) is 5.32 Å². The highest BCUT2D eigenvalue weighted by Crippen LogP contribution is 2.35. The van der Waals surface area contributed by atoms with Crippen molar-refractivity contribution in [3.8, 4) is 5.75 Å². The Kier molecular flexibility index (Phi) is 6.72. The average Bonchev–Trinajstić information content (AvgIpc) is 2.76. The van der Waals surface area contributed by atoms with E-state index in [1.807, 2.05) is 6.07 Å². The van der Waals surface area contributed by atoms with E-state index in [1.165, 1.54) is 18.2 Å². The molecule has 8 heteroatoms. The van der Waals surface area contributed by atoms with Crippen molar-refractivity contribution in [2.24, 2.45) is 0 Å². The minimum absolute atomic E-state index is 0.0993. The first-order valence-electron chi connectivity index (χ1n) is 10.0. The first-order chi connectivity index (χ1) is 15.1. The summed E-state index contributed by atoms with van der Waals surface area (Å²) in [4.78, 5) is 24.2. The summed E-state index contributed by atoms with van der Waals surface area (Å²) in [5, 5.41) is 13.1. The molecule has 0 aromatic heterocycles. The van der Waals surface area contributed by atoms with Crippen LogP contribution in [0.25, 0.3) is 10.8 Å². The second-order valence-corrected chi connectivity index (χ2v) is 7.32. The zero-order valence-electron chi connectivity index (χ0n) is 17.4. The molecule has 0 spiro atoms. The molecule has 3 rings (SSSR count). The number of carboxylic acid groups (broad SMARTS) is 1. The molecule has 0 heterocycles. The van der Waals surface area contributed by atoms with Gasteiger partial charge in [0.2, 0.25) is 0 Å². The van der Waals surface area contributed by atoms with Gasteiger partial charge >= 0.3 is 12.1 Å². The number of fused-ring (bicyclic) bond motifs is 1. The molecular formula is C24H22F3NO4. The molecule has 0 aliphatic heterocycles. The minimum Gasteiger partial charge on any atom is -0.485 e. The smallest absolute Gasteiger partial charge is 0.416 e. The van der Waals surface area contributed by atoms with Gasteiger partial charge in [-0.3, -0.25) is 4.79 Å². The highest BCUT2D eigenvalue weighted by molar-refractivity contribution is 6.04. The number of aliphatic carboxylic acids is 1. The zero-order chi connectivity index (χ0) is 23.5. The standard InChI is InChI=1S/C24H22F3NO4/c1-3-20(23(30)31)28-22(29)19-12-11-15-7-4-5-10-18(15)21(19)32-14(2)16-8-6-9-17(13-16)24(25,26)27/h4-14,20H,3H2,1-2H3,(H,28,29)(H,30,31). The number of carbonyl (C=O) groups is 2. The highest BCUT2D eigenvalue weighted by Gasteiger charge is 2.31. The quantitative estimate of drug-likeness (QED) is 0.497. The fourth-order valence-corrected chi connectivity index (χ4v) is 3.34. The van der Waals surface area contributed by atoms with E-state index < -0.39 is 35.8 Å². The molecule has 0 aliphatic rings. The van der Waals surface area contributed by atoms with Crippen molar-refractivity contribution < 1.29 is 32.6 Å². The molecule has 0 saturated carbocycles. The van der Waals surface area contributed by atoms with Crippen LogP contribution in [0.1, 0.15) is 47.9 Å². The van der Waals surface area contributed by atoms with Gasteiger partial charge in [0.1, 0.15) is 17.9 Å². The lowest BCUT2D eigenvalue weighted by molar-refractivity contribution is -0.139. The topological polar surface area (TPSA) is 75.6 Å². The third-order valence-electron chi connectivity index (χ3n) is 5.11. The summed E-state index contributed by atoms with van der Waals surface area (Å²) in [6.07, 6.45) is -5.12. The summed E-state index contributed by atoms with van der Waals surface area (Å²) in [7, 11) is 0. The van der Waals surface area contributed by atoms with Gasteiger partial charge in [-0.15, -0.1) is 0 Å². The second kappa shape index (κ2) is 9.30. The number of hydrogen-bond donors (Lipinski definition) is 2. The highest BCUT2D eigenvalue weighted by atomic mass is 19.4. The molecule has 3 aromatic carbocycles. The maximum absolute atomic E-state index is 13.1. The van der Waals surface area contributed by atoms with Crippen LogP contribution < -0.4 is 10.1 Å². The Bertz CT molecular complexity index is 1140. The predicted molar refractivity (Wildman–Crippen MR) is 114 cm³/mol. The van der Waals surface area contributed by atoms with E-state index in [1.54, 1.807) is 38.1 Å². The SMILES string of the molecule is CCC(NC(=O)c1ccc2ccccc2c1OC(C)c1cccc(C(F)(F)F)c1)C(=O)O. The number of nitrogens with one attached hydrogen (secondary N) is 1. The maximum Gasteiger partial charge on any atom is 0.416 e. The number of benzene rings is 3. The zero-order valence-corrected chi connectivity index (χ0v) is 17.4. The lowest BCUT2D eigenvalue weighted by Crippen LogP contribution is -2.40. The van der Waals surface area contributed by atoms with E-state index in [-0.39, 0.29) is 23.3 Å². The molecule has 3 aromatic rings. The van der Waals surface area contributed by atoms with Gasteiger partial charge in [-0.05, 0) is 42.5 Å². The number of amides is 1. The average molecular weight is 445 g/mol. The van der Waals surface area contributed by atoms with E-state index in [2.05, 4.69) is 5.32 Å². The monoisotopic (exact) mass is 445 g/mol. The van der Waals surface area contributed by atoms with Crippen LogP contribution in [0.2, 0.25) is 0 Å². The van der Waals surface area contributed by atoms with Crippen LogP contribution in [-0.4, -0.2) is 23.0 Å². The molecule has 168 valence electrons. The van der Waals surface area contributed by atoms with Gasteiger partial charge in [0, 0.05) is 5.39 Å². The van der Waals surface area contributed by atoms with Crippen molar-refractivity contribution in [2.45, 2.75) is 38.6 Å². The predicted octanol–water partition coefficient (Wildman–Crippen LogP) is 5.59. The van der Waals surface area contributed by atoms with Gasteiger partial charge in [-0.1, -0.05) is 49.4 Å². The van der Waals surface area contributed by atoms with Gasteiger partial charge in [0.25, 0.3) is 5.91 Å². The Morgan fingerprint density at radius 3 is 2.44 bits per heavy atom. The molecule has 2 unspecified atom stereocenters. The molecular weight excluding hydrogens is 423 g/mol. The molecule has 0 aliphatic carbocycles. The van der Waals surface area contributed by atoms with E-state index >= 15 is 0 Å². The fourth-order valence-electron chi connectivity index (χ4n) is 3.34. The summed E-state index contributed by atoms with van der Waals surface area (Å²) >= 11 is 0. The molecule has 2 N–H and O–H groups in total. The number of ether oxygens (including phenoxy) is 1. The summed E-state index contributed by atoms with van der Waals surface area (Å²) < 4.78 is 45.4. The second-order valence-electron chi connectivity index (χ2n) is 7.32. The van der Waals surface area contributed by atoms with Crippen LogP contribution in [-0.2, 0) is 11.0 Å². The molecule has 0 radical (unpaired) electrons. The summed E-state index contributed by atoms with van der Waals surface area (Å²) in [6, 6.07) is 14.0. The lowest BCUT2D eigenvalue weighted by atomic mass is 10.0. The number of carbonyl (C=O) groups excluding carboxylic acids is 1. The van der Waals surface area contributed by atoms with Gasteiger partial charge < -0.3 is 15.2 Å². The Morgan fingerprint density at radius 2 is 1.78 bits per heavy atom. The Hall–Kier alpha value is -3.55. The van der Waals surface area contributed by atoms with Crippen LogP contribution in [0.5, 0.6) is 5.75 Å². The lowest BCUT2D eigenvalue weighted by Gasteiger charge is -2.21. The van der Waals surface area contributed by atoms with E-state index in [0.717, 1.165) is 17.5 Å². The molecule has 0 bridgehead atoms. The molecule has 1 amide bonds. The van der Waals surface area contributed by atoms with Crippen LogP contribution in [0.15, 0.2) is 60.7 Å². The molecule has 32 heavy (non-hydrogen) atoms. The van der Waals surface area contributed by atoms with Gasteiger partial charge in [0.15, 0.2) is 0 Å². The van der Waals surface area contributed by atoms with Gasteiger partial charge in [-0.2, -0.15) is 13.2 Å². The van der Waals surface area contributed by atoms with Crippen LogP contribution in [0, 0.1) is 0 Å². The largest absolute Gasteiger partial charge is 0.485 e. The number of carboxylic acids is 1. The van der Waals surface area contributed by atoms with Crippen molar-refractivity contribution in [2.75, 3.05) is 0 Å². The molecule has 5 nitrogen and oxygen atoms in total. The third kappa shape index (κ3) is 5.01. The van der Waals surface area contributed by atoms with Crippen LogP contribution in [0.4, 0.5) is 13.2 Å². The first kappa shape index (κ1) is 23.1. The number of hydrogen-bond acceptors (Lipinski definition) is 3. The fraction of sp³-hybridized carbons (Fsp3) is 0.250. The van der Waals surface area contributed by atoms with Gasteiger partial charge in [0.05, 0.1) is 11.1 Å². The van der Waals surface area contributed by atoms with Crippen molar-refractivity contribution >= 4 is 22.6 Å².